The van der Waals surface area contributed by atoms with Crippen LogP contribution in [0.5, 0.6) is 11.5 Å². The molecule has 1 N–H and O–H groups in total. The summed E-state index contributed by atoms with van der Waals surface area (Å²) in [5.74, 6) is 3.64. The van der Waals surface area contributed by atoms with Gasteiger partial charge < -0.3 is 9.84 Å². The van der Waals surface area contributed by atoms with Crippen molar-refractivity contribution < 1.29 is 9.84 Å². The van der Waals surface area contributed by atoms with Gasteiger partial charge in [-0.1, -0.05) is 40.5 Å². The molecule has 3 unspecified atom stereocenters. The number of ether oxygens (including phenoxy) is 1. The average Bonchev–Trinajstić information content (AvgIpc) is 2.88. The van der Waals surface area contributed by atoms with Crippen molar-refractivity contribution in [1.29, 1.82) is 0 Å². The number of phenols is 1. The van der Waals surface area contributed by atoms with Crippen LogP contribution in [0.3, 0.4) is 0 Å². The number of phenolic OH excluding ortho intramolecular Hbond substituents is 1. The van der Waals surface area contributed by atoms with Crippen molar-refractivity contribution in [3.63, 3.8) is 0 Å². The number of unbranched alkanes of at least 4 members (excludes halogenated alkanes) is 2. The Hall–Kier alpha value is -1.18. The van der Waals surface area contributed by atoms with Crippen molar-refractivity contribution in [2.24, 2.45) is 17.8 Å². The van der Waals surface area contributed by atoms with Gasteiger partial charge in [0.2, 0.25) is 0 Å². The van der Waals surface area contributed by atoms with Gasteiger partial charge in [-0.05, 0) is 61.1 Å². The fourth-order valence-electron chi connectivity index (χ4n) is 4.68. The molecule has 3 rings (SSSR count). The van der Waals surface area contributed by atoms with Crippen LogP contribution in [-0.2, 0) is 6.42 Å². The smallest absolute Gasteiger partial charge is 0.127 e. The lowest BCUT2D eigenvalue weighted by Gasteiger charge is -2.39. The predicted molar refractivity (Wildman–Crippen MR) is 95.2 cm³/mol. The van der Waals surface area contributed by atoms with E-state index in [1.165, 1.54) is 37.7 Å². The van der Waals surface area contributed by atoms with E-state index < -0.39 is 0 Å². The zero-order valence-electron chi connectivity index (χ0n) is 15.1. The van der Waals surface area contributed by atoms with Crippen molar-refractivity contribution in [2.45, 2.75) is 78.2 Å². The highest BCUT2D eigenvalue weighted by Crippen LogP contribution is 2.55. The molecule has 4 atom stereocenters. The lowest BCUT2D eigenvalue weighted by Crippen LogP contribution is -2.38. The highest BCUT2D eigenvalue weighted by Gasteiger charge is 2.47. The maximum absolute atomic E-state index is 10.7. The number of hydrogen-bond donors (Lipinski definition) is 1. The van der Waals surface area contributed by atoms with E-state index in [0.717, 1.165) is 17.7 Å². The second kappa shape index (κ2) is 6.75. The third-order valence-electron chi connectivity index (χ3n) is 6.03. The molecule has 0 spiro atoms. The van der Waals surface area contributed by atoms with Gasteiger partial charge in [-0.3, -0.25) is 0 Å². The normalized spacial score (nSPS) is 29.3. The van der Waals surface area contributed by atoms with Crippen molar-refractivity contribution in [1.82, 2.24) is 0 Å². The summed E-state index contributed by atoms with van der Waals surface area (Å²) in [6.07, 6.45) is 7.44. The summed E-state index contributed by atoms with van der Waals surface area (Å²) in [6.45, 7) is 9.15. The molecule has 1 fully saturated rings. The van der Waals surface area contributed by atoms with Crippen molar-refractivity contribution >= 4 is 0 Å². The number of benzene rings is 1. The molecule has 1 aliphatic carbocycles. The largest absolute Gasteiger partial charge is 0.508 e. The maximum atomic E-state index is 10.7. The van der Waals surface area contributed by atoms with Gasteiger partial charge in [-0.15, -0.1) is 0 Å². The van der Waals surface area contributed by atoms with Crippen molar-refractivity contribution in [2.75, 3.05) is 0 Å². The van der Waals surface area contributed by atoms with Crippen molar-refractivity contribution in [3.05, 3.63) is 23.3 Å². The predicted octanol–water partition coefficient (Wildman–Crippen LogP) is 5.67. The van der Waals surface area contributed by atoms with Gasteiger partial charge in [0.15, 0.2) is 0 Å². The molecule has 23 heavy (non-hydrogen) atoms. The molecule has 128 valence electrons. The molecule has 0 bridgehead atoms. The summed E-state index contributed by atoms with van der Waals surface area (Å²) in [6, 6.07) is 4.20. The van der Waals surface area contributed by atoms with Crippen LogP contribution in [-0.4, -0.2) is 11.2 Å². The van der Waals surface area contributed by atoms with Gasteiger partial charge >= 0.3 is 0 Å². The lowest BCUT2D eigenvalue weighted by molar-refractivity contribution is 0.0602. The van der Waals surface area contributed by atoms with Gasteiger partial charge in [0.25, 0.3) is 0 Å². The first-order chi connectivity index (χ1) is 11.0. The van der Waals surface area contributed by atoms with E-state index in [1.54, 1.807) is 0 Å². The Morgan fingerprint density at radius 2 is 2.00 bits per heavy atom. The zero-order valence-corrected chi connectivity index (χ0v) is 15.1. The highest BCUT2D eigenvalue weighted by molar-refractivity contribution is 5.53. The van der Waals surface area contributed by atoms with E-state index >= 15 is 0 Å². The van der Waals surface area contributed by atoms with E-state index in [9.17, 15) is 5.11 Å². The minimum absolute atomic E-state index is 0.253. The van der Waals surface area contributed by atoms with Gasteiger partial charge in [-0.2, -0.15) is 0 Å². The summed E-state index contributed by atoms with van der Waals surface area (Å²) >= 11 is 0. The number of aromatic hydroxyl groups is 1. The maximum Gasteiger partial charge on any atom is 0.127 e. The van der Waals surface area contributed by atoms with E-state index in [4.69, 9.17) is 4.74 Å². The molecule has 1 aromatic rings. The van der Waals surface area contributed by atoms with Crippen LogP contribution in [0.4, 0.5) is 0 Å². The SMILES string of the molecule is CCCCCc1cc(O)c2c(c1)O[C@@H]1C(C)CCC(C(C)C)C21. The summed E-state index contributed by atoms with van der Waals surface area (Å²) in [7, 11) is 0. The molecular weight excluding hydrogens is 284 g/mol. The Morgan fingerprint density at radius 1 is 1.22 bits per heavy atom. The first-order valence-electron chi connectivity index (χ1n) is 9.55. The van der Waals surface area contributed by atoms with Crippen LogP contribution in [0.25, 0.3) is 0 Å². The summed E-state index contributed by atoms with van der Waals surface area (Å²) < 4.78 is 6.37. The van der Waals surface area contributed by atoms with Gasteiger partial charge in [0.05, 0.1) is 0 Å². The average molecular weight is 316 g/mol. The summed E-state index contributed by atoms with van der Waals surface area (Å²) in [5.41, 5.74) is 2.32. The number of hydrogen-bond acceptors (Lipinski definition) is 2. The van der Waals surface area contributed by atoms with E-state index in [1.807, 2.05) is 6.07 Å². The van der Waals surface area contributed by atoms with Gasteiger partial charge in [0, 0.05) is 11.5 Å². The Labute approximate surface area is 141 Å². The monoisotopic (exact) mass is 316 g/mol. The number of aryl methyl sites for hydroxylation is 1. The molecule has 2 nitrogen and oxygen atoms in total. The van der Waals surface area contributed by atoms with Crippen LogP contribution in [0.15, 0.2) is 12.1 Å². The Kier molecular flexibility index (Phi) is 4.89. The second-order valence-electron chi connectivity index (χ2n) is 8.05. The van der Waals surface area contributed by atoms with Crippen LogP contribution >= 0.6 is 0 Å². The molecule has 1 saturated carbocycles. The Morgan fingerprint density at radius 3 is 2.70 bits per heavy atom. The van der Waals surface area contributed by atoms with E-state index in [0.29, 0.717) is 29.4 Å². The molecule has 0 radical (unpaired) electrons. The molecule has 2 heteroatoms. The molecule has 1 heterocycles. The molecule has 0 saturated heterocycles. The standard InChI is InChI=1S/C21H32O2/c1-5-6-7-8-15-11-17(22)20-18(12-15)23-21-14(4)9-10-16(13(2)3)19(20)21/h11-14,16,19,21-22H,5-10H2,1-4H3/t14?,16?,19?,21-/m1/s1. The molecule has 0 amide bonds. The molecule has 1 aliphatic heterocycles. The number of rotatable bonds is 5. The molecular formula is C21H32O2. The van der Waals surface area contributed by atoms with Crippen molar-refractivity contribution in [3.8, 4) is 11.5 Å². The quantitative estimate of drug-likeness (QED) is 0.709. The molecule has 2 aliphatic rings. The van der Waals surface area contributed by atoms with Crippen LogP contribution in [0.2, 0.25) is 0 Å². The fraction of sp³-hybridized carbons (Fsp3) is 0.714. The van der Waals surface area contributed by atoms with Crippen LogP contribution < -0.4 is 4.74 Å². The topological polar surface area (TPSA) is 29.5 Å². The fourth-order valence-corrected chi connectivity index (χ4v) is 4.68. The van der Waals surface area contributed by atoms with Crippen LogP contribution in [0.1, 0.15) is 76.8 Å². The Bertz CT molecular complexity index is 549. The third-order valence-corrected chi connectivity index (χ3v) is 6.03. The molecule has 1 aromatic carbocycles. The lowest BCUT2D eigenvalue weighted by atomic mass is 9.66. The minimum atomic E-state index is 0.253. The number of fused-ring (bicyclic) bond motifs is 3. The third kappa shape index (κ3) is 3.09. The second-order valence-corrected chi connectivity index (χ2v) is 8.05. The van der Waals surface area contributed by atoms with Gasteiger partial charge in [-0.25, -0.2) is 0 Å². The highest BCUT2D eigenvalue weighted by atomic mass is 16.5. The Balaban J connectivity index is 1.90. The first-order valence-corrected chi connectivity index (χ1v) is 9.55. The molecule has 0 aromatic heterocycles. The van der Waals surface area contributed by atoms with E-state index in [2.05, 4.69) is 33.8 Å². The first kappa shape index (κ1) is 16.7. The van der Waals surface area contributed by atoms with E-state index in [-0.39, 0.29) is 6.10 Å². The summed E-state index contributed by atoms with van der Waals surface area (Å²) in [4.78, 5) is 0. The minimum Gasteiger partial charge on any atom is -0.508 e. The van der Waals surface area contributed by atoms with Gasteiger partial charge in [0.1, 0.15) is 17.6 Å². The summed E-state index contributed by atoms with van der Waals surface area (Å²) in [5, 5.41) is 10.7. The van der Waals surface area contributed by atoms with Crippen LogP contribution in [0, 0.1) is 17.8 Å². The zero-order chi connectivity index (χ0) is 16.6.